The zero-order chi connectivity index (χ0) is 14.5. The van der Waals surface area contributed by atoms with Gasteiger partial charge in [0.05, 0.1) is 7.11 Å². The van der Waals surface area contributed by atoms with Crippen LogP contribution in [0.25, 0.3) is 0 Å². The Labute approximate surface area is 119 Å². The third-order valence-corrected chi connectivity index (χ3v) is 3.22. The van der Waals surface area contributed by atoms with Crippen LogP contribution in [0.1, 0.15) is 29.6 Å². The van der Waals surface area contributed by atoms with Gasteiger partial charge in [0.1, 0.15) is 11.6 Å². The van der Waals surface area contributed by atoms with Gasteiger partial charge in [0.25, 0.3) is 0 Å². The molecule has 0 atom stereocenters. The molecular formula is C15H20N4O. The molecule has 5 nitrogen and oxygen atoms in total. The van der Waals surface area contributed by atoms with Crippen molar-refractivity contribution in [2.24, 2.45) is 0 Å². The minimum atomic E-state index is 0.614. The highest BCUT2D eigenvalue weighted by atomic mass is 16.5. The maximum Gasteiger partial charge on any atom is 0.212 e. The fraction of sp³-hybridized carbons (Fsp3) is 0.400. The SMILES string of the molecule is CCc1c(C)nc(Cc2ccc(OC)nc2)nc1NC. The Morgan fingerprint density at radius 1 is 1.25 bits per heavy atom. The molecule has 0 spiro atoms. The molecule has 0 radical (unpaired) electrons. The van der Waals surface area contributed by atoms with Crippen LogP contribution in [0.3, 0.4) is 0 Å². The molecule has 2 rings (SSSR count). The zero-order valence-corrected chi connectivity index (χ0v) is 12.4. The van der Waals surface area contributed by atoms with Crippen LogP contribution in [0.2, 0.25) is 0 Å². The largest absolute Gasteiger partial charge is 0.481 e. The van der Waals surface area contributed by atoms with E-state index in [1.54, 1.807) is 13.3 Å². The first-order valence-electron chi connectivity index (χ1n) is 6.71. The number of rotatable bonds is 5. The molecule has 0 unspecified atom stereocenters. The summed E-state index contributed by atoms with van der Waals surface area (Å²) in [7, 11) is 3.50. The number of aryl methyl sites for hydroxylation is 1. The fourth-order valence-corrected chi connectivity index (χ4v) is 2.18. The van der Waals surface area contributed by atoms with Crippen LogP contribution < -0.4 is 10.1 Å². The van der Waals surface area contributed by atoms with E-state index in [-0.39, 0.29) is 0 Å². The molecule has 5 heteroatoms. The molecular weight excluding hydrogens is 252 g/mol. The number of aromatic nitrogens is 3. The highest BCUT2D eigenvalue weighted by molar-refractivity contribution is 5.46. The van der Waals surface area contributed by atoms with Gasteiger partial charge in [0.15, 0.2) is 0 Å². The van der Waals surface area contributed by atoms with Crippen molar-refractivity contribution in [2.45, 2.75) is 26.7 Å². The Bertz CT molecular complexity index is 581. The molecule has 0 aliphatic heterocycles. The smallest absolute Gasteiger partial charge is 0.212 e. The first-order valence-corrected chi connectivity index (χ1v) is 6.71. The van der Waals surface area contributed by atoms with Crippen LogP contribution in [0.4, 0.5) is 5.82 Å². The first kappa shape index (κ1) is 14.2. The lowest BCUT2D eigenvalue weighted by atomic mass is 10.1. The molecule has 0 saturated heterocycles. The molecule has 2 aromatic heterocycles. The quantitative estimate of drug-likeness (QED) is 0.905. The van der Waals surface area contributed by atoms with E-state index in [1.165, 1.54) is 5.56 Å². The third-order valence-electron chi connectivity index (χ3n) is 3.22. The molecule has 1 N–H and O–H groups in total. The van der Waals surface area contributed by atoms with E-state index in [9.17, 15) is 0 Å². The van der Waals surface area contributed by atoms with Gasteiger partial charge in [-0.2, -0.15) is 0 Å². The monoisotopic (exact) mass is 272 g/mol. The van der Waals surface area contributed by atoms with Crippen LogP contribution in [0.15, 0.2) is 18.3 Å². The van der Waals surface area contributed by atoms with Crippen molar-refractivity contribution in [2.75, 3.05) is 19.5 Å². The van der Waals surface area contributed by atoms with Crippen LogP contribution in [0, 0.1) is 6.92 Å². The van der Waals surface area contributed by atoms with Crippen LogP contribution in [-0.2, 0) is 12.8 Å². The maximum absolute atomic E-state index is 5.05. The Kier molecular flexibility index (Phi) is 4.50. The molecule has 2 aromatic rings. The second kappa shape index (κ2) is 6.32. The number of ether oxygens (including phenoxy) is 1. The van der Waals surface area contributed by atoms with Gasteiger partial charge in [-0.25, -0.2) is 15.0 Å². The first-order chi connectivity index (χ1) is 9.67. The summed E-state index contributed by atoms with van der Waals surface area (Å²) in [5.41, 5.74) is 3.27. The van der Waals surface area contributed by atoms with Crippen molar-refractivity contribution >= 4 is 5.82 Å². The number of methoxy groups -OCH3 is 1. The number of hydrogen-bond acceptors (Lipinski definition) is 5. The molecule has 20 heavy (non-hydrogen) atoms. The number of hydrogen-bond donors (Lipinski definition) is 1. The molecule has 0 aliphatic carbocycles. The third kappa shape index (κ3) is 3.04. The van der Waals surface area contributed by atoms with Gasteiger partial charge in [-0.05, 0) is 18.9 Å². The minimum Gasteiger partial charge on any atom is -0.481 e. The topological polar surface area (TPSA) is 59.9 Å². The van der Waals surface area contributed by atoms with Gasteiger partial charge in [0.2, 0.25) is 5.88 Å². The Hall–Kier alpha value is -2.17. The molecule has 106 valence electrons. The van der Waals surface area contributed by atoms with Crippen LogP contribution in [-0.4, -0.2) is 29.1 Å². The molecule has 2 heterocycles. The Morgan fingerprint density at radius 3 is 2.60 bits per heavy atom. The molecule has 0 bridgehead atoms. The van der Waals surface area contributed by atoms with Gasteiger partial charge in [-0.3, -0.25) is 0 Å². The van der Waals surface area contributed by atoms with Crippen LogP contribution >= 0.6 is 0 Å². The van der Waals surface area contributed by atoms with Crippen molar-refractivity contribution in [1.82, 2.24) is 15.0 Å². The van der Waals surface area contributed by atoms with Crippen LogP contribution in [0.5, 0.6) is 5.88 Å². The summed E-state index contributed by atoms with van der Waals surface area (Å²) in [6.07, 6.45) is 3.38. The zero-order valence-electron chi connectivity index (χ0n) is 12.4. The average molecular weight is 272 g/mol. The molecule has 0 fully saturated rings. The van der Waals surface area contributed by atoms with Crippen molar-refractivity contribution in [3.8, 4) is 5.88 Å². The molecule has 0 aromatic carbocycles. The predicted molar refractivity (Wildman–Crippen MR) is 79.3 cm³/mol. The van der Waals surface area contributed by atoms with Crippen molar-refractivity contribution in [3.05, 3.63) is 41.0 Å². The summed E-state index contributed by atoms with van der Waals surface area (Å²) < 4.78 is 5.05. The van der Waals surface area contributed by atoms with Gasteiger partial charge in [-0.15, -0.1) is 0 Å². The predicted octanol–water partition coefficient (Wildman–Crippen LogP) is 2.38. The summed E-state index contributed by atoms with van der Waals surface area (Å²) in [6, 6.07) is 3.83. The van der Waals surface area contributed by atoms with Gasteiger partial charge in [-0.1, -0.05) is 13.0 Å². The number of nitrogens with one attached hydrogen (secondary N) is 1. The van der Waals surface area contributed by atoms with Gasteiger partial charge < -0.3 is 10.1 Å². The highest BCUT2D eigenvalue weighted by Gasteiger charge is 2.09. The van der Waals surface area contributed by atoms with Crippen molar-refractivity contribution < 1.29 is 4.74 Å². The lowest BCUT2D eigenvalue weighted by Gasteiger charge is -2.11. The lowest BCUT2D eigenvalue weighted by molar-refractivity contribution is 0.397. The minimum absolute atomic E-state index is 0.614. The summed E-state index contributed by atoms with van der Waals surface area (Å²) in [4.78, 5) is 13.4. The van der Waals surface area contributed by atoms with E-state index in [1.807, 2.05) is 26.1 Å². The number of nitrogens with zero attached hydrogens (tertiary/aromatic N) is 3. The van der Waals surface area contributed by atoms with E-state index in [0.717, 1.165) is 29.3 Å². The summed E-state index contributed by atoms with van der Waals surface area (Å²) in [5.74, 6) is 2.33. The Morgan fingerprint density at radius 2 is 2.05 bits per heavy atom. The van der Waals surface area contributed by atoms with E-state index < -0.39 is 0 Å². The van der Waals surface area contributed by atoms with E-state index in [2.05, 4.69) is 27.2 Å². The van der Waals surface area contributed by atoms with E-state index in [0.29, 0.717) is 12.3 Å². The molecule has 0 aliphatic rings. The Balaban J connectivity index is 2.26. The molecule has 0 saturated carbocycles. The van der Waals surface area contributed by atoms with E-state index in [4.69, 9.17) is 4.74 Å². The average Bonchev–Trinajstić information content (AvgIpc) is 2.47. The summed E-state index contributed by atoms with van der Waals surface area (Å²) in [6.45, 7) is 4.14. The highest BCUT2D eigenvalue weighted by Crippen LogP contribution is 2.18. The second-order valence-corrected chi connectivity index (χ2v) is 4.54. The van der Waals surface area contributed by atoms with Gasteiger partial charge in [0, 0.05) is 37.0 Å². The lowest BCUT2D eigenvalue weighted by Crippen LogP contribution is -2.07. The number of pyridine rings is 1. The summed E-state index contributed by atoms with van der Waals surface area (Å²) in [5, 5.41) is 3.15. The number of anilines is 1. The van der Waals surface area contributed by atoms with Crippen molar-refractivity contribution in [1.29, 1.82) is 0 Å². The normalized spacial score (nSPS) is 10.4. The van der Waals surface area contributed by atoms with E-state index >= 15 is 0 Å². The summed E-state index contributed by atoms with van der Waals surface area (Å²) >= 11 is 0. The second-order valence-electron chi connectivity index (χ2n) is 4.54. The maximum atomic E-state index is 5.05. The van der Waals surface area contributed by atoms with Gasteiger partial charge >= 0.3 is 0 Å². The van der Waals surface area contributed by atoms with Crippen molar-refractivity contribution in [3.63, 3.8) is 0 Å². The standard InChI is InChI=1S/C15H20N4O/c1-5-12-10(2)18-13(19-15(12)16-3)8-11-6-7-14(20-4)17-9-11/h6-7,9H,5,8H2,1-4H3,(H,16,18,19). The molecule has 0 amide bonds. The fourth-order valence-electron chi connectivity index (χ4n) is 2.18.